The van der Waals surface area contributed by atoms with Gasteiger partial charge in [0.15, 0.2) is 5.82 Å². The number of aromatic nitrogens is 1. The van der Waals surface area contributed by atoms with Crippen LogP contribution in [0.25, 0.3) is 38.0 Å². The normalized spacial score (nSPS) is 13.4. The highest BCUT2D eigenvalue weighted by Gasteiger charge is 2.22. The zero-order chi connectivity index (χ0) is 20.2. The van der Waals surface area contributed by atoms with Crippen LogP contribution in [-0.4, -0.2) is 0 Å². The van der Waals surface area contributed by atoms with Gasteiger partial charge in [0.2, 0.25) is 17.6 Å². The van der Waals surface area contributed by atoms with Crippen LogP contribution in [0.5, 0.6) is 0 Å². The van der Waals surface area contributed by atoms with Gasteiger partial charge in [-0.2, -0.15) is 4.57 Å². The standard InChI is InChI=1S/C21H16FN2O/c1-12-6-9-16(23-3)21-18(12)15-8-5-13(2)19(20(15)25-21)17-10-7-14(22)11-24(17)4/h5-11H,1-2,4H3/q+1/i1D3. The largest absolute Gasteiger partial charge is 0.466 e. The van der Waals surface area contributed by atoms with Crippen molar-refractivity contribution in [2.24, 2.45) is 7.05 Å². The zero-order valence-corrected chi connectivity index (χ0v) is 13.7. The third-order valence-electron chi connectivity index (χ3n) is 4.45. The van der Waals surface area contributed by atoms with Crippen LogP contribution < -0.4 is 4.57 Å². The van der Waals surface area contributed by atoms with Gasteiger partial charge in [-0.05, 0) is 31.0 Å². The highest BCUT2D eigenvalue weighted by molar-refractivity contribution is 6.14. The maximum atomic E-state index is 13.6. The minimum absolute atomic E-state index is 0.145. The molecule has 0 saturated heterocycles. The number of aryl methyl sites for hydroxylation is 3. The fraction of sp³-hybridized carbons (Fsp3) is 0.143. The molecule has 0 aliphatic carbocycles. The zero-order valence-electron chi connectivity index (χ0n) is 16.7. The Morgan fingerprint density at radius 1 is 1.12 bits per heavy atom. The molecular weight excluding hydrogens is 315 g/mol. The highest BCUT2D eigenvalue weighted by atomic mass is 19.1. The second-order valence-corrected chi connectivity index (χ2v) is 6.03. The lowest BCUT2D eigenvalue weighted by Crippen LogP contribution is -2.31. The molecule has 4 rings (SSSR count). The van der Waals surface area contributed by atoms with Crippen molar-refractivity contribution in [3.63, 3.8) is 0 Å². The first-order chi connectivity index (χ1) is 13.2. The average Bonchev–Trinajstić information content (AvgIpc) is 3.00. The van der Waals surface area contributed by atoms with Crippen LogP contribution in [0.4, 0.5) is 10.1 Å². The molecule has 0 saturated carbocycles. The van der Waals surface area contributed by atoms with Gasteiger partial charge < -0.3 is 4.42 Å². The summed E-state index contributed by atoms with van der Waals surface area (Å²) in [7, 11) is 1.73. The predicted octanol–water partition coefficient (Wildman–Crippen LogP) is 5.38. The van der Waals surface area contributed by atoms with E-state index in [4.69, 9.17) is 15.1 Å². The highest BCUT2D eigenvalue weighted by Crippen LogP contribution is 2.41. The number of fused-ring (bicyclic) bond motifs is 3. The molecule has 4 aromatic rings. The number of halogens is 1. The molecule has 0 radical (unpaired) electrons. The Morgan fingerprint density at radius 3 is 2.64 bits per heavy atom. The molecule has 2 aromatic carbocycles. The molecule has 0 spiro atoms. The summed E-state index contributed by atoms with van der Waals surface area (Å²) in [5.74, 6) is -0.360. The van der Waals surface area contributed by atoms with Gasteiger partial charge in [-0.3, -0.25) is 0 Å². The second kappa shape index (κ2) is 5.42. The number of hydrogen-bond acceptors (Lipinski definition) is 1. The molecule has 3 nitrogen and oxygen atoms in total. The summed E-state index contributed by atoms with van der Waals surface area (Å²) in [6.07, 6.45) is 1.37. The Hall–Kier alpha value is -3.19. The average molecular weight is 334 g/mol. The van der Waals surface area contributed by atoms with Crippen molar-refractivity contribution in [3.05, 3.63) is 71.0 Å². The van der Waals surface area contributed by atoms with Gasteiger partial charge in [0.25, 0.3) is 0 Å². The van der Waals surface area contributed by atoms with Crippen molar-refractivity contribution in [3.8, 4) is 11.3 Å². The van der Waals surface area contributed by atoms with Gasteiger partial charge >= 0.3 is 0 Å². The third kappa shape index (κ3) is 2.20. The monoisotopic (exact) mass is 334 g/mol. The molecule has 122 valence electrons. The second-order valence-electron chi connectivity index (χ2n) is 6.03. The minimum Gasteiger partial charge on any atom is -0.466 e. The summed E-state index contributed by atoms with van der Waals surface area (Å²) in [6.45, 7) is 6.98. The van der Waals surface area contributed by atoms with Gasteiger partial charge in [0, 0.05) is 21.0 Å². The van der Waals surface area contributed by atoms with E-state index in [0.717, 1.165) is 16.8 Å². The number of pyridine rings is 1. The quantitative estimate of drug-likeness (QED) is 0.338. The van der Waals surface area contributed by atoms with Crippen LogP contribution in [0.2, 0.25) is 0 Å². The summed E-state index contributed by atoms with van der Waals surface area (Å²) < 4.78 is 45.0. The molecule has 0 N–H and O–H groups in total. The molecular formula is C21H16FN2O+. The maximum Gasteiger partial charge on any atom is 0.229 e. The molecule has 0 atom stereocenters. The van der Waals surface area contributed by atoms with Crippen LogP contribution in [0.3, 0.4) is 0 Å². The molecule has 2 heterocycles. The lowest BCUT2D eigenvalue weighted by molar-refractivity contribution is -0.661. The smallest absolute Gasteiger partial charge is 0.229 e. The number of nitrogens with zero attached hydrogens (tertiary/aromatic N) is 2. The predicted molar refractivity (Wildman–Crippen MR) is 96.0 cm³/mol. The third-order valence-corrected chi connectivity index (χ3v) is 4.45. The summed E-state index contributed by atoms with van der Waals surface area (Å²) in [4.78, 5) is 3.49. The maximum absolute atomic E-state index is 13.6. The summed E-state index contributed by atoms with van der Waals surface area (Å²) in [5.41, 5.74) is 3.51. The van der Waals surface area contributed by atoms with E-state index in [0.29, 0.717) is 16.4 Å². The number of rotatable bonds is 1. The van der Waals surface area contributed by atoms with Crippen LogP contribution in [0.1, 0.15) is 15.2 Å². The topological polar surface area (TPSA) is 21.4 Å². The molecule has 0 fully saturated rings. The summed E-state index contributed by atoms with van der Waals surface area (Å²) in [5, 5.41) is 1.05. The van der Waals surface area contributed by atoms with Gasteiger partial charge in [0.05, 0.1) is 12.1 Å². The summed E-state index contributed by atoms with van der Waals surface area (Å²) in [6, 6.07) is 9.66. The van der Waals surface area contributed by atoms with Crippen LogP contribution in [0, 0.1) is 26.2 Å². The van der Waals surface area contributed by atoms with Crippen LogP contribution in [-0.2, 0) is 7.05 Å². The fourth-order valence-corrected chi connectivity index (χ4v) is 3.27. The van der Waals surface area contributed by atoms with E-state index in [1.165, 1.54) is 24.4 Å². The number of benzene rings is 2. The fourth-order valence-electron chi connectivity index (χ4n) is 3.27. The first-order valence-electron chi connectivity index (χ1n) is 9.24. The Morgan fingerprint density at radius 2 is 1.92 bits per heavy atom. The Kier molecular flexibility index (Phi) is 2.65. The first kappa shape index (κ1) is 12.2. The van der Waals surface area contributed by atoms with Gasteiger partial charge in [0.1, 0.15) is 18.2 Å². The van der Waals surface area contributed by atoms with Crippen molar-refractivity contribution in [2.45, 2.75) is 13.8 Å². The van der Waals surface area contributed by atoms with E-state index in [1.807, 2.05) is 19.1 Å². The van der Waals surface area contributed by atoms with Crippen molar-refractivity contribution >= 4 is 27.6 Å². The van der Waals surface area contributed by atoms with Crippen molar-refractivity contribution in [2.75, 3.05) is 0 Å². The molecule has 0 aliphatic rings. The summed E-state index contributed by atoms with van der Waals surface area (Å²) >= 11 is 0. The van der Waals surface area contributed by atoms with E-state index in [1.54, 1.807) is 17.7 Å². The van der Waals surface area contributed by atoms with Crippen LogP contribution >= 0.6 is 0 Å². The molecule has 0 aliphatic heterocycles. The molecule has 0 bridgehead atoms. The lowest BCUT2D eigenvalue weighted by Gasteiger charge is -2.05. The minimum atomic E-state index is -2.35. The van der Waals surface area contributed by atoms with Crippen LogP contribution in [0.15, 0.2) is 47.0 Å². The molecule has 0 unspecified atom stereocenters. The number of furan rings is 1. The van der Waals surface area contributed by atoms with Gasteiger partial charge in [-0.25, -0.2) is 9.24 Å². The molecule has 25 heavy (non-hydrogen) atoms. The molecule has 0 amide bonds. The van der Waals surface area contributed by atoms with E-state index in [-0.39, 0.29) is 22.7 Å². The van der Waals surface area contributed by atoms with Gasteiger partial charge in [-0.1, -0.05) is 24.3 Å². The Labute approximate surface area is 149 Å². The van der Waals surface area contributed by atoms with Crippen molar-refractivity contribution < 1.29 is 17.5 Å². The van der Waals surface area contributed by atoms with E-state index in [9.17, 15) is 4.39 Å². The van der Waals surface area contributed by atoms with Crippen molar-refractivity contribution in [1.29, 1.82) is 0 Å². The van der Waals surface area contributed by atoms with E-state index >= 15 is 0 Å². The van der Waals surface area contributed by atoms with E-state index in [2.05, 4.69) is 4.85 Å². The molecule has 4 heteroatoms. The number of hydrogen-bond donors (Lipinski definition) is 0. The SMILES string of the molecule is [2H]C([2H])([2H])c1ccc([N+]#[C-])c2oc3c(-c4ccc(F)c[n+]4C)c(C)ccc3c12. The Balaban J connectivity index is 2.20. The Bertz CT molecular complexity index is 1300. The van der Waals surface area contributed by atoms with E-state index < -0.39 is 6.85 Å². The van der Waals surface area contributed by atoms with Gasteiger partial charge in [-0.15, -0.1) is 0 Å². The molecule has 2 aromatic heterocycles. The first-order valence-corrected chi connectivity index (χ1v) is 7.74. The van der Waals surface area contributed by atoms with Crippen molar-refractivity contribution in [1.82, 2.24) is 0 Å². The lowest BCUT2D eigenvalue weighted by atomic mass is 9.99.